The number of carbonyl (C=O) groups excluding carboxylic acids is 3. The Balaban J connectivity index is 0.00000104. The highest BCUT2D eigenvalue weighted by Gasteiger charge is 2.26. The molecule has 5 rings (SSSR count). The Morgan fingerprint density at radius 2 is 1.84 bits per heavy atom. The predicted octanol–water partition coefficient (Wildman–Crippen LogP) is 4.68. The minimum absolute atomic E-state index is 0.00920. The molecule has 3 N–H and O–H groups in total. The van der Waals surface area contributed by atoms with E-state index in [4.69, 9.17) is 14.1 Å². The maximum atomic E-state index is 14.9. The van der Waals surface area contributed by atoms with Crippen molar-refractivity contribution in [2.45, 2.75) is 78.6 Å². The normalized spacial score (nSPS) is 18.3. The number of ether oxygens (including phenoxy) is 1. The van der Waals surface area contributed by atoms with Crippen LogP contribution in [0.15, 0.2) is 28.8 Å². The van der Waals surface area contributed by atoms with Gasteiger partial charge in [0, 0.05) is 38.0 Å². The van der Waals surface area contributed by atoms with Gasteiger partial charge in [-0.05, 0) is 74.1 Å². The number of rotatable bonds is 9. The fraction of sp³-hybridized carbons (Fsp3) is 0.606. The molecule has 3 heterocycles. The molecule has 11 nitrogen and oxygen atoms in total. The van der Waals surface area contributed by atoms with Crippen LogP contribution in [0.25, 0.3) is 5.57 Å². The number of hydrogen-bond acceptors (Lipinski definition) is 8. The molecule has 1 atom stereocenters. The van der Waals surface area contributed by atoms with Crippen molar-refractivity contribution in [3.63, 3.8) is 0 Å². The number of likely N-dealkylation sites (tertiary alicyclic amines) is 1. The molecule has 3 amide bonds. The zero-order chi connectivity index (χ0) is 32.8. The largest absolute Gasteiger partial charge is 0.490 e. The number of amides is 3. The SMILES string of the molecule is CC.CC(C)c1noc(N2CCC(COc3ccc(C4=CCC(C(=O)NCC(=O)N5CCCC5)CC4)cc3F)CC2)n1.NC=O. The number of primary amides is 1. The van der Waals surface area contributed by atoms with Gasteiger partial charge in [-0.3, -0.25) is 14.4 Å². The molecule has 0 spiro atoms. The number of nitrogens with zero attached hydrogens (tertiary/aromatic N) is 4. The summed E-state index contributed by atoms with van der Waals surface area (Å²) in [6.07, 6.45) is 8.11. The van der Waals surface area contributed by atoms with Crippen LogP contribution in [0.2, 0.25) is 0 Å². The van der Waals surface area contributed by atoms with Crippen molar-refractivity contribution in [2.75, 3.05) is 44.2 Å². The van der Waals surface area contributed by atoms with Crippen molar-refractivity contribution >= 4 is 29.8 Å². The Hall–Kier alpha value is -3.96. The minimum Gasteiger partial charge on any atom is -0.490 e. The summed E-state index contributed by atoms with van der Waals surface area (Å²) in [5.41, 5.74) is 6.03. The first kappa shape index (κ1) is 35.5. The van der Waals surface area contributed by atoms with Crippen molar-refractivity contribution in [1.29, 1.82) is 0 Å². The number of nitrogens with one attached hydrogen (secondary N) is 1. The van der Waals surface area contributed by atoms with Gasteiger partial charge < -0.3 is 30.1 Å². The zero-order valence-electron chi connectivity index (χ0n) is 27.1. The van der Waals surface area contributed by atoms with Crippen LogP contribution in [0.3, 0.4) is 0 Å². The molecular weight excluding hydrogens is 579 g/mol. The van der Waals surface area contributed by atoms with Gasteiger partial charge in [0.25, 0.3) is 0 Å². The summed E-state index contributed by atoms with van der Waals surface area (Å²) < 4.78 is 26.2. The molecule has 12 heteroatoms. The molecule has 0 bridgehead atoms. The van der Waals surface area contributed by atoms with Gasteiger partial charge in [0.15, 0.2) is 17.4 Å². The summed E-state index contributed by atoms with van der Waals surface area (Å²) >= 11 is 0. The van der Waals surface area contributed by atoms with Crippen LogP contribution in [-0.2, 0) is 14.4 Å². The van der Waals surface area contributed by atoms with E-state index >= 15 is 0 Å². The van der Waals surface area contributed by atoms with Crippen LogP contribution in [-0.4, -0.2) is 72.6 Å². The van der Waals surface area contributed by atoms with Gasteiger partial charge in [-0.25, -0.2) is 4.39 Å². The van der Waals surface area contributed by atoms with Crippen molar-refractivity contribution in [3.05, 3.63) is 41.5 Å². The smallest absolute Gasteiger partial charge is 0.324 e. The monoisotopic (exact) mass is 628 g/mol. The van der Waals surface area contributed by atoms with Crippen molar-refractivity contribution in [2.24, 2.45) is 17.6 Å². The molecule has 1 unspecified atom stereocenters. The summed E-state index contributed by atoms with van der Waals surface area (Å²) in [6, 6.07) is 5.70. The third-order valence-corrected chi connectivity index (χ3v) is 8.26. The van der Waals surface area contributed by atoms with Crippen LogP contribution in [0, 0.1) is 17.7 Å². The Labute approximate surface area is 265 Å². The lowest BCUT2D eigenvalue weighted by molar-refractivity contribution is -0.133. The maximum absolute atomic E-state index is 14.9. The number of halogens is 1. The van der Waals surface area contributed by atoms with Gasteiger partial charge in [0.1, 0.15) is 0 Å². The number of piperidine rings is 1. The summed E-state index contributed by atoms with van der Waals surface area (Å²) in [6.45, 7) is 11.8. The van der Waals surface area contributed by atoms with Gasteiger partial charge in [0.05, 0.1) is 13.2 Å². The highest BCUT2D eigenvalue weighted by Crippen LogP contribution is 2.33. The fourth-order valence-electron chi connectivity index (χ4n) is 5.63. The standard InChI is InChI=1S/C30H40FN5O4.C2H6.CH3NO/c1-20(2)28-33-30(40-34-28)36-15-11-21(12-16-36)19-39-26-10-9-24(17-25(26)31)22-5-7-23(8-6-22)29(38)32-18-27(37)35-13-3-4-14-35;1-2;2-1-3/h5,9-10,17,20-21,23H,3-4,6-8,11-16,18-19H2,1-2H3,(H,32,38);1-2H3;1H,(H2,2,3). The molecule has 0 radical (unpaired) electrons. The molecule has 248 valence electrons. The lowest BCUT2D eigenvalue weighted by atomic mass is 9.86. The molecule has 3 aliphatic rings. The highest BCUT2D eigenvalue weighted by atomic mass is 19.1. The molecule has 2 fully saturated rings. The first-order valence-electron chi connectivity index (χ1n) is 16.2. The Kier molecular flexibility index (Phi) is 14.3. The molecule has 1 aromatic heterocycles. The predicted molar refractivity (Wildman–Crippen MR) is 171 cm³/mol. The van der Waals surface area contributed by atoms with Gasteiger partial charge in [0.2, 0.25) is 18.2 Å². The maximum Gasteiger partial charge on any atom is 0.324 e. The first-order chi connectivity index (χ1) is 21.8. The topological polar surface area (TPSA) is 144 Å². The van der Waals surface area contributed by atoms with E-state index in [1.165, 1.54) is 6.07 Å². The third-order valence-electron chi connectivity index (χ3n) is 8.26. The summed E-state index contributed by atoms with van der Waals surface area (Å²) in [4.78, 5) is 41.7. The number of aromatic nitrogens is 2. The Morgan fingerprint density at radius 1 is 1.16 bits per heavy atom. The number of carbonyl (C=O) groups is 3. The molecule has 1 aliphatic carbocycles. The van der Waals surface area contributed by atoms with Crippen molar-refractivity contribution in [1.82, 2.24) is 20.4 Å². The lowest BCUT2D eigenvalue weighted by Crippen LogP contribution is -2.41. The zero-order valence-corrected chi connectivity index (χ0v) is 27.1. The molecule has 2 aliphatic heterocycles. The van der Waals surface area contributed by atoms with E-state index < -0.39 is 0 Å². The molecule has 0 saturated carbocycles. The minimum atomic E-state index is -0.372. The molecule has 1 aromatic carbocycles. The number of benzene rings is 1. The summed E-state index contributed by atoms with van der Waals surface area (Å²) in [5, 5.41) is 6.85. The van der Waals surface area contributed by atoms with Crippen LogP contribution in [0.5, 0.6) is 5.75 Å². The summed E-state index contributed by atoms with van der Waals surface area (Å²) in [5.74, 6) is 0.915. The number of anilines is 1. The highest BCUT2D eigenvalue weighted by molar-refractivity contribution is 5.86. The van der Waals surface area contributed by atoms with Gasteiger partial charge in [-0.1, -0.05) is 45.0 Å². The number of hydrogen-bond donors (Lipinski definition) is 2. The van der Waals surface area contributed by atoms with Crippen LogP contribution in [0.4, 0.5) is 10.4 Å². The lowest BCUT2D eigenvalue weighted by Gasteiger charge is -2.30. The van der Waals surface area contributed by atoms with Crippen LogP contribution < -0.4 is 20.7 Å². The summed E-state index contributed by atoms with van der Waals surface area (Å²) in [7, 11) is 0. The van der Waals surface area contributed by atoms with E-state index in [1.54, 1.807) is 6.07 Å². The van der Waals surface area contributed by atoms with Gasteiger partial charge >= 0.3 is 6.01 Å². The fourth-order valence-corrected chi connectivity index (χ4v) is 5.63. The van der Waals surface area contributed by atoms with Crippen molar-refractivity contribution in [3.8, 4) is 5.75 Å². The van der Waals surface area contributed by atoms with E-state index in [1.807, 2.05) is 44.7 Å². The number of nitrogens with two attached hydrogens (primary N) is 1. The second kappa shape index (κ2) is 18.1. The molecule has 2 aromatic rings. The Morgan fingerprint density at radius 3 is 2.42 bits per heavy atom. The van der Waals surface area contributed by atoms with Crippen LogP contribution in [0.1, 0.15) is 89.9 Å². The van der Waals surface area contributed by atoms with E-state index in [9.17, 15) is 14.0 Å². The van der Waals surface area contributed by atoms with Gasteiger partial charge in [-0.2, -0.15) is 4.98 Å². The second-order valence-electron chi connectivity index (χ2n) is 11.6. The average Bonchev–Trinajstić information content (AvgIpc) is 3.79. The van der Waals surface area contributed by atoms with Crippen molar-refractivity contribution < 1.29 is 28.0 Å². The van der Waals surface area contributed by atoms with E-state index in [-0.39, 0.29) is 48.2 Å². The number of allylic oxidation sites excluding steroid dienone is 2. The van der Waals surface area contributed by atoms with Gasteiger partial charge in [-0.15, -0.1) is 0 Å². The Bertz CT molecular complexity index is 1270. The van der Waals surface area contributed by atoms with E-state index in [0.29, 0.717) is 37.8 Å². The third kappa shape index (κ3) is 10.3. The van der Waals surface area contributed by atoms with E-state index in [0.717, 1.165) is 68.8 Å². The second-order valence-corrected chi connectivity index (χ2v) is 11.6. The van der Waals surface area contributed by atoms with E-state index in [2.05, 4.69) is 26.1 Å². The molecule has 2 saturated heterocycles. The quantitative estimate of drug-likeness (QED) is 0.381. The molecule has 45 heavy (non-hydrogen) atoms. The molecular formula is C33H49FN6O5. The first-order valence-corrected chi connectivity index (χ1v) is 16.2. The average molecular weight is 629 g/mol. The van der Waals surface area contributed by atoms with Crippen LogP contribution >= 0.6 is 0 Å².